The smallest absolute Gasteiger partial charge is 0.271 e. The van der Waals surface area contributed by atoms with Crippen molar-refractivity contribution in [2.24, 2.45) is 5.10 Å². The van der Waals surface area contributed by atoms with Gasteiger partial charge in [-0.3, -0.25) is 4.79 Å². The summed E-state index contributed by atoms with van der Waals surface area (Å²) in [6.07, 6.45) is 1.53. The fraction of sp³-hybridized carbons (Fsp3) is 0.0938. The van der Waals surface area contributed by atoms with E-state index in [1.807, 2.05) is 60.8 Å². The van der Waals surface area contributed by atoms with Gasteiger partial charge in [0.1, 0.15) is 6.61 Å². The number of ether oxygens (including phenoxy) is 2. The Morgan fingerprint density at radius 1 is 0.977 bits per heavy atom. The standard InChI is InChI=1S/C32H24BrCl3N4O3S/c1-2-42-29-14-19(13-26(33)30(29)43-17-22-7-8-24(35)15-27(22)36)16-37-40-31(41)21-5-3-20(4-6-21)28-18-44-32(39-28)38-25-11-9-23(34)10-12-25/h3-16,18H,2,17H2,1H3,(H,38,39)(H,40,41)/b37-16-. The number of thiazole rings is 1. The number of benzene rings is 4. The highest BCUT2D eigenvalue weighted by atomic mass is 79.9. The number of halogens is 4. The van der Waals surface area contributed by atoms with Gasteiger partial charge in [0.05, 0.1) is 23.0 Å². The van der Waals surface area contributed by atoms with Crippen molar-refractivity contribution in [3.05, 3.63) is 120 Å². The van der Waals surface area contributed by atoms with Crippen LogP contribution >= 0.6 is 62.1 Å². The van der Waals surface area contributed by atoms with Crippen molar-refractivity contribution in [1.29, 1.82) is 0 Å². The Kier molecular flexibility index (Phi) is 10.8. The van der Waals surface area contributed by atoms with Crippen molar-refractivity contribution < 1.29 is 14.3 Å². The highest BCUT2D eigenvalue weighted by molar-refractivity contribution is 9.10. The molecule has 2 N–H and O–H groups in total. The van der Waals surface area contributed by atoms with Gasteiger partial charge in [-0.05, 0) is 89.1 Å². The maximum Gasteiger partial charge on any atom is 0.271 e. The summed E-state index contributed by atoms with van der Waals surface area (Å²) < 4.78 is 12.5. The number of amides is 1. The van der Waals surface area contributed by atoms with E-state index in [2.05, 4.69) is 36.8 Å². The molecule has 12 heteroatoms. The second-order valence-corrected chi connectivity index (χ2v) is 12.2. The molecule has 0 aliphatic heterocycles. The van der Waals surface area contributed by atoms with Crippen LogP contribution in [0.25, 0.3) is 11.3 Å². The van der Waals surface area contributed by atoms with Gasteiger partial charge in [0.25, 0.3) is 5.91 Å². The minimum atomic E-state index is -0.347. The van der Waals surface area contributed by atoms with E-state index in [-0.39, 0.29) is 12.5 Å². The number of anilines is 2. The van der Waals surface area contributed by atoms with E-state index in [4.69, 9.17) is 44.3 Å². The molecular formula is C32H24BrCl3N4O3S. The van der Waals surface area contributed by atoms with Crippen LogP contribution in [0.3, 0.4) is 0 Å². The Labute approximate surface area is 281 Å². The lowest BCUT2D eigenvalue weighted by molar-refractivity contribution is 0.0955. The molecule has 0 saturated carbocycles. The van der Waals surface area contributed by atoms with Crippen LogP contribution in [0.4, 0.5) is 10.8 Å². The minimum Gasteiger partial charge on any atom is -0.490 e. The molecule has 0 saturated heterocycles. The highest BCUT2D eigenvalue weighted by Crippen LogP contribution is 2.38. The van der Waals surface area contributed by atoms with Crippen molar-refractivity contribution >= 4 is 85.0 Å². The number of hydrazone groups is 1. The van der Waals surface area contributed by atoms with E-state index in [9.17, 15) is 4.79 Å². The van der Waals surface area contributed by atoms with Gasteiger partial charge in [-0.2, -0.15) is 5.10 Å². The molecule has 0 bridgehead atoms. The number of rotatable bonds is 11. The lowest BCUT2D eigenvalue weighted by Crippen LogP contribution is -2.17. The fourth-order valence-electron chi connectivity index (χ4n) is 4.00. The van der Waals surface area contributed by atoms with Crippen LogP contribution in [0.5, 0.6) is 11.5 Å². The van der Waals surface area contributed by atoms with Crippen molar-refractivity contribution in [2.45, 2.75) is 13.5 Å². The molecule has 0 aliphatic rings. The van der Waals surface area contributed by atoms with E-state index in [1.54, 1.807) is 30.3 Å². The molecule has 5 rings (SSSR count). The summed E-state index contributed by atoms with van der Waals surface area (Å²) in [6, 6.07) is 23.4. The molecule has 1 heterocycles. The largest absolute Gasteiger partial charge is 0.490 e. The average molecular weight is 731 g/mol. The first kappa shape index (κ1) is 31.8. The van der Waals surface area contributed by atoms with Gasteiger partial charge in [0.2, 0.25) is 0 Å². The molecule has 224 valence electrons. The van der Waals surface area contributed by atoms with Gasteiger partial charge >= 0.3 is 0 Å². The molecule has 0 atom stereocenters. The molecule has 1 aromatic heterocycles. The number of hydrogen-bond acceptors (Lipinski definition) is 7. The summed E-state index contributed by atoms with van der Waals surface area (Å²) in [5, 5.41) is 11.8. The SMILES string of the molecule is CCOc1cc(/C=N\NC(=O)c2ccc(-c3csc(Nc4ccc(Cl)cc4)n3)cc2)cc(Br)c1OCc1ccc(Cl)cc1Cl. The zero-order valence-corrected chi connectivity index (χ0v) is 27.8. The maximum absolute atomic E-state index is 12.7. The maximum atomic E-state index is 12.7. The number of carbonyl (C=O) groups is 1. The minimum absolute atomic E-state index is 0.223. The third-order valence-electron chi connectivity index (χ3n) is 6.14. The monoisotopic (exact) mass is 728 g/mol. The van der Waals surface area contributed by atoms with Crippen LogP contribution in [0.15, 0.2) is 93.8 Å². The summed E-state index contributed by atoms with van der Waals surface area (Å²) in [7, 11) is 0. The zero-order chi connectivity index (χ0) is 31.1. The Bertz CT molecular complexity index is 1800. The molecule has 0 fully saturated rings. The van der Waals surface area contributed by atoms with Gasteiger partial charge in [-0.25, -0.2) is 10.4 Å². The Hall–Kier alpha value is -3.60. The first-order chi connectivity index (χ1) is 21.3. The predicted octanol–water partition coefficient (Wildman–Crippen LogP) is 10.0. The molecular weight excluding hydrogens is 707 g/mol. The van der Waals surface area contributed by atoms with E-state index in [0.29, 0.717) is 48.8 Å². The van der Waals surface area contributed by atoms with Crippen molar-refractivity contribution in [3.63, 3.8) is 0 Å². The summed E-state index contributed by atoms with van der Waals surface area (Å²) >= 11 is 23.3. The van der Waals surface area contributed by atoms with Crippen LogP contribution in [0.2, 0.25) is 15.1 Å². The topological polar surface area (TPSA) is 84.8 Å². The number of nitrogens with one attached hydrogen (secondary N) is 2. The van der Waals surface area contributed by atoms with E-state index in [1.165, 1.54) is 17.6 Å². The number of hydrogen-bond donors (Lipinski definition) is 2. The second-order valence-electron chi connectivity index (χ2n) is 9.23. The van der Waals surface area contributed by atoms with Crippen molar-refractivity contribution in [1.82, 2.24) is 10.4 Å². The lowest BCUT2D eigenvalue weighted by atomic mass is 10.1. The van der Waals surface area contributed by atoms with Gasteiger partial charge in [0.15, 0.2) is 16.6 Å². The first-order valence-electron chi connectivity index (χ1n) is 13.2. The van der Waals surface area contributed by atoms with Crippen molar-refractivity contribution in [3.8, 4) is 22.8 Å². The van der Waals surface area contributed by atoms with Crippen LogP contribution in [-0.4, -0.2) is 23.7 Å². The Morgan fingerprint density at radius 2 is 1.73 bits per heavy atom. The highest BCUT2D eigenvalue weighted by Gasteiger charge is 2.14. The fourth-order valence-corrected chi connectivity index (χ4v) is 5.90. The van der Waals surface area contributed by atoms with E-state index in [0.717, 1.165) is 27.6 Å². The third-order valence-corrected chi connectivity index (χ3v) is 8.33. The molecule has 4 aromatic carbocycles. The lowest BCUT2D eigenvalue weighted by Gasteiger charge is -2.15. The molecule has 0 spiro atoms. The number of nitrogens with zero attached hydrogens (tertiary/aromatic N) is 2. The molecule has 1 amide bonds. The second kappa shape index (κ2) is 14.9. The van der Waals surface area contributed by atoms with Crippen LogP contribution in [0, 0.1) is 0 Å². The molecule has 7 nitrogen and oxygen atoms in total. The third kappa shape index (κ3) is 8.31. The Morgan fingerprint density at radius 3 is 2.45 bits per heavy atom. The zero-order valence-electron chi connectivity index (χ0n) is 23.1. The quantitative estimate of drug-likeness (QED) is 0.104. The van der Waals surface area contributed by atoms with E-state index < -0.39 is 0 Å². The molecule has 0 unspecified atom stereocenters. The van der Waals surface area contributed by atoms with Gasteiger partial charge in [-0.1, -0.05) is 53.0 Å². The van der Waals surface area contributed by atoms with Crippen molar-refractivity contribution in [2.75, 3.05) is 11.9 Å². The summed E-state index contributed by atoms with van der Waals surface area (Å²) in [4.78, 5) is 17.4. The van der Waals surface area contributed by atoms with Crippen LogP contribution < -0.4 is 20.2 Å². The van der Waals surface area contributed by atoms with Crippen LogP contribution in [-0.2, 0) is 6.61 Å². The normalized spacial score (nSPS) is 11.0. The average Bonchev–Trinajstić information content (AvgIpc) is 3.47. The van der Waals surface area contributed by atoms with Gasteiger partial charge in [-0.15, -0.1) is 11.3 Å². The summed E-state index contributed by atoms with van der Waals surface area (Å²) in [5.41, 5.74) is 7.10. The van der Waals surface area contributed by atoms with E-state index >= 15 is 0 Å². The number of carbonyl (C=O) groups excluding carboxylic acids is 1. The number of aromatic nitrogens is 1. The van der Waals surface area contributed by atoms with Gasteiger partial charge < -0.3 is 14.8 Å². The Balaban J connectivity index is 1.20. The predicted molar refractivity (Wildman–Crippen MR) is 183 cm³/mol. The molecule has 44 heavy (non-hydrogen) atoms. The first-order valence-corrected chi connectivity index (χ1v) is 16.0. The summed E-state index contributed by atoms with van der Waals surface area (Å²) in [6.45, 7) is 2.53. The summed E-state index contributed by atoms with van der Waals surface area (Å²) in [5.74, 6) is 0.691. The molecule has 0 aliphatic carbocycles. The molecule has 0 radical (unpaired) electrons. The van der Waals surface area contributed by atoms with Gasteiger partial charge in [0, 0.05) is 42.8 Å². The van der Waals surface area contributed by atoms with Crippen LogP contribution in [0.1, 0.15) is 28.4 Å². The molecule has 5 aromatic rings.